The highest BCUT2D eigenvalue weighted by atomic mass is 16.4. The summed E-state index contributed by atoms with van der Waals surface area (Å²) in [6, 6.07) is -0.769. The van der Waals surface area contributed by atoms with E-state index < -0.39 is 12.0 Å². The summed E-state index contributed by atoms with van der Waals surface area (Å²) >= 11 is 0. The fraction of sp³-hybridized carbons (Fsp3) is 0.455. The van der Waals surface area contributed by atoms with Crippen molar-refractivity contribution in [1.82, 2.24) is 9.80 Å². The molecule has 0 aromatic rings. The smallest absolute Gasteiger partial charge is 0.328 e. The molecule has 1 rings (SSSR count). The Hall–Kier alpha value is -1.82. The molecule has 17 heavy (non-hydrogen) atoms. The van der Waals surface area contributed by atoms with E-state index in [1.54, 1.807) is 0 Å². The van der Waals surface area contributed by atoms with Crippen molar-refractivity contribution in [2.24, 2.45) is 5.73 Å². The van der Waals surface area contributed by atoms with Gasteiger partial charge in [0, 0.05) is 25.7 Å². The molecular formula is C11H17N3O3. The Bertz CT molecular complexity index is 365. The van der Waals surface area contributed by atoms with E-state index in [-0.39, 0.29) is 6.04 Å². The van der Waals surface area contributed by atoms with Gasteiger partial charge in [-0.1, -0.05) is 12.7 Å². The minimum Gasteiger partial charge on any atom is -0.478 e. The summed E-state index contributed by atoms with van der Waals surface area (Å²) in [7, 11) is 1.93. The number of aliphatic carboxylic acids is 1. The van der Waals surface area contributed by atoms with Crippen LogP contribution in [0.1, 0.15) is 0 Å². The zero-order chi connectivity index (χ0) is 13.0. The lowest BCUT2D eigenvalue weighted by atomic mass is 10.0. The van der Waals surface area contributed by atoms with Crippen LogP contribution < -0.4 is 5.73 Å². The normalized spacial score (nSPS) is 21.7. The standard InChI is InChI=1S/C11H17N3O3/c1-8(3-4-10(15)16)9-7-13(2)5-6-14(9)11(12)17/h3-4,9H,1,5-7H2,2H3,(H2,12,17)(H,15,16). The van der Waals surface area contributed by atoms with Crippen molar-refractivity contribution in [2.45, 2.75) is 6.04 Å². The minimum atomic E-state index is -1.04. The lowest BCUT2D eigenvalue weighted by Crippen LogP contribution is -2.56. The van der Waals surface area contributed by atoms with Gasteiger partial charge < -0.3 is 20.6 Å². The number of carboxylic acid groups (broad SMARTS) is 1. The van der Waals surface area contributed by atoms with Gasteiger partial charge in [0.2, 0.25) is 0 Å². The predicted octanol–water partition coefficient (Wildman–Crippen LogP) is -0.122. The Morgan fingerprint density at radius 2 is 2.06 bits per heavy atom. The van der Waals surface area contributed by atoms with Crippen LogP contribution in [0.5, 0.6) is 0 Å². The maximum atomic E-state index is 11.3. The predicted molar refractivity (Wildman–Crippen MR) is 63.5 cm³/mol. The van der Waals surface area contributed by atoms with Gasteiger partial charge in [-0.25, -0.2) is 9.59 Å². The van der Waals surface area contributed by atoms with Crippen LogP contribution >= 0.6 is 0 Å². The van der Waals surface area contributed by atoms with E-state index in [2.05, 4.69) is 6.58 Å². The van der Waals surface area contributed by atoms with Gasteiger partial charge in [-0.15, -0.1) is 0 Å². The van der Waals surface area contributed by atoms with Crippen molar-refractivity contribution in [3.05, 3.63) is 24.3 Å². The Balaban J connectivity index is 2.78. The number of nitrogens with zero attached hydrogens (tertiary/aromatic N) is 2. The van der Waals surface area contributed by atoms with E-state index in [9.17, 15) is 9.59 Å². The maximum Gasteiger partial charge on any atom is 0.328 e. The van der Waals surface area contributed by atoms with Crippen molar-refractivity contribution in [3.8, 4) is 0 Å². The molecule has 0 aromatic carbocycles. The second-order valence-electron chi connectivity index (χ2n) is 4.06. The molecule has 0 spiro atoms. The minimum absolute atomic E-state index is 0.262. The van der Waals surface area contributed by atoms with E-state index in [1.807, 2.05) is 11.9 Å². The van der Waals surface area contributed by atoms with Gasteiger partial charge in [0.15, 0.2) is 0 Å². The fourth-order valence-electron chi connectivity index (χ4n) is 1.79. The van der Waals surface area contributed by atoms with Crippen LogP contribution in [0.2, 0.25) is 0 Å². The molecule has 1 saturated heterocycles. The highest BCUT2D eigenvalue weighted by Crippen LogP contribution is 2.15. The monoisotopic (exact) mass is 239 g/mol. The zero-order valence-electron chi connectivity index (χ0n) is 9.80. The molecule has 1 aliphatic rings. The third-order valence-corrected chi connectivity index (χ3v) is 2.73. The number of piperazine rings is 1. The van der Waals surface area contributed by atoms with Crippen LogP contribution in [0.25, 0.3) is 0 Å². The molecule has 0 aromatic heterocycles. The molecule has 1 atom stereocenters. The molecule has 1 heterocycles. The van der Waals surface area contributed by atoms with E-state index in [1.165, 1.54) is 11.0 Å². The quantitative estimate of drug-likeness (QED) is 0.531. The number of carbonyl (C=O) groups excluding carboxylic acids is 1. The SMILES string of the molecule is C=C(C=CC(=O)O)C1CN(C)CCN1C(N)=O. The summed E-state index contributed by atoms with van der Waals surface area (Å²) in [5.74, 6) is -1.04. The molecule has 3 N–H and O–H groups in total. The van der Waals surface area contributed by atoms with Crippen LogP contribution in [0.15, 0.2) is 24.3 Å². The largest absolute Gasteiger partial charge is 0.478 e. The van der Waals surface area contributed by atoms with Gasteiger partial charge in [0.1, 0.15) is 0 Å². The first kappa shape index (κ1) is 13.2. The summed E-state index contributed by atoms with van der Waals surface area (Å²) in [5.41, 5.74) is 5.85. The number of carboxylic acids is 1. The lowest BCUT2D eigenvalue weighted by Gasteiger charge is -2.39. The topological polar surface area (TPSA) is 86.9 Å². The molecule has 0 aliphatic carbocycles. The summed E-state index contributed by atoms with van der Waals surface area (Å²) in [6.45, 7) is 5.66. The number of carbonyl (C=O) groups is 2. The number of likely N-dealkylation sites (N-methyl/N-ethyl adjacent to an activating group) is 1. The van der Waals surface area contributed by atoms with Crippen LogP contribution in [0.3, 0.4) is 0 Å². The van der Waals surface area contributed by atoms with Gasteiger partial charge >= 0.3 is 12.0 Å². The summed E-state index contributed by atoms with van der Waals surface area (Å²) in [6.07, 6.45) is 2.41. The van der Waals surface area contributed by atoms with Crippen molar-refractivity contribution in [3.63, 3.8) is 0 Å². The van der Waals surface area contributed by atoms with Crippen LogP contribution in [0, 0.1) is 0 Å². The maximum absolute atomic E-state index is 11.3. The van der Waals surface area contributed by atoms with Crippen LogP contribution in [-0.2, 0) is 4.79 Å². The summed E-state index contributed by atoms with van der Waals surface area (Å²) in [4.78, 5) is 25.2. The highest BCUT2D eigenvalue weighted by molar-refractivity contribution is 5.80. The third-order valence-electron chi connectivity index (χ3n) is 2.73. The van der Waals surface area contributed by atoms with E-state index in [4.69, 9.17) is 10.8 Å². The number of primary amides is 1. The number of rotatable bonds is 3. The fourth-order valence-corrected chi connectivity index (χ4v) is 1.79. The van der Waals surface area contributed by atoms with Crippen molar-refractivity contribution < 1.29 is 14.7 Å². The van der Waals surface area contributed by atoms with Crippen LogP contribution in [-0.4, -0.2) is 59.6 Å². The number of amides is 2. The molecule has 0 bridgehead atoms. The van der Waals surface area contributed by atoms with Gasteiger partial charge in [-0.2, -0.15) is 0 Å². The molecule has 6 nitrogen and oxygen atoms in total. The van der Waals surface area contributed by atoms with E-state index in [0.29, 0.717) is 18.7 Å². The second kappa shape index (κ2) is 5.49. The van der Waals surface area contributed by atoms with Crippen LogP contribution in [0.4, 0.5) is 4.79 Å². The highest BCUT2D eigenvalue weighted by Gasteiger charge is 2.28. The van der Waals surface area contributed by atoms with Gasteiger partial charge in [0.25, 0.3) is 0 Å². The molecule has 94 valence electrons. The molecule has 0 saturated carbocycles. The zero-order valence-corrected chi connectivity index (χ0v) is 9.80. The number of hydrogen-bond donors (Lipinski definition) is 2. The Morgan fingerprint density at radius 3 is 2.59 bits per heavy atom. The molecule has 1 aliphatic heterocycles. The number of nitrogens with two attached hydrogens (primary N) is 1. The van der Waals surface area contributed by atoms with Crippen molar-refractivity contribution >= 4 is 12.0 Å². The van der Waals surface area contributed by atoms with E-state index in [0.717, 1.165) is 12.6 Å². The lowest BCUT2D eigenvalue weighted by molar-refractivity contribution is -0.131. The Kier molecular flexibility index (Phi) is 4.28. The first-order valence-corrected chi connectivity index (χ1v) is 5.26. The summed E-state index contributed by atoms with van der Waals surface area (Å²) in [5, 5.41) is 8.54. The Morgan fingerprint density at radius 1 is 1.41 bits per heavy atom. The average Bonchev–Trinajstić information content (AvgIpc) is 2.25. The van der Waals surface area contributed by atoms with E-state index >= 15 is 0 Å². The van der Waals surface area contributed by atoms with Crippen molar-refractivity contribution in [2.75, 3.05) is 26.7 Å². The molecular weight excluding hydrogens is 222 g/mol. The molecule has 0 radical (unpaired) electrons. The second-order valence-corrected chi connectivity index (χ2v) is 4.06. The van der Waals surface area contributed by atoms with Gasteiger partial charge in [0.05, 0.1) is 6.04 Å². The van der Waals surface area contributed by atoms with Gasteiger partial charge in [-0.05, 0) is 12.6 Å². The molecule has 1 unspecified atom stereocenters. The third kappa shape index (κ3) is 3.60. The first-order valence-electron chi connectivity index (χ1n) is 5.26. The van der Waals surface area contributed by atoms with Crippen molar-refractivity contribution in [1.29, 1.82) is 0 Å². The first-order chi connectivity index (χ1) is 7.91. The molecule has 6 heteroatoms. The average molecular weight is 239 g/mol. The number of urea groups is 1. The summed E-state index contributed by atoms with van der Waals surface area (Å²) < 4.78 is 0. The molecule has 1 fully saturated rings. The molecule has 2 amide bonds. The Labute approximate surface area is 100.0 Å². The van der Waals surface area contributed by atoms with Gasteiger partial charge in [-0.3, -0.25) is 0 Å². The number of hydrogen-bond acceptors (Lipinski definition) is 3.